The average Bonchev–Trinajstić information content (AvgIpc) is 3.29. The fourth-order valence-corrected chi connectivity index (χ4v) is 11.2. The van der Waals surface area contributed by atoms with Crippen LogP contribution in [0.5, 0.6) is 23.0 Å². The van der Waals surface area contributed by atoms with Crippen molar-refractivity contribution in [3.63, 3.8) is 0 Å². The van der Waals surface area contributed by atoms with Gasteiger partial charge in [0.05, 0.1) is 0 Å². The average molecular weight is 966 g/mol. The van der Waals surface area contributed by atoms with Gasteiger partial charge in [-0.15, -0.1) is 23.2 Å². The predicted molar refractivity (Wildman–Crippen MR) is 272 cm³/mol. The zero-order valence-corrected chi connectivity index (χ0v) is 42.6. The lowest BCUT2D eigenvalue weighted by atomic mass is 9.67. The number of alkyl halides is 2. The standard InChI is InChI=1S/C29H34O4.C22H30O4.C7H6Cl2/c1-5-6-8-13-20-17-23-25(21-16-18(2)14-15-22(21)29(3,4)33-23)26-24(20)27(30)32-28(31-26)19-11-9-7-10-12-19;1-5-6-7-8-14-12-17-19(20(23)18(14)21(24)25)15-11-13(2)9-10-16(15)22(3,4)26-17;8-7(9)6-4-2-1-3-5-6/h7,9-12,16-17,21-22,28H,5-6,8,13-15H2,1-4H3;11-12,15-16,23H,5-10H2,1-4H3,(H,24,25);1-5,7H/t21-,22-,28?;15-,16-;/m11./s1. The van der Waals surface area contributed by atoms with Crippen LogP contribution < -0.4 is 14.2 Å². The summed E-state index contributed by atoms with van der Waals surface area (Å²) in [6.07, 6.45) is 15.7. The molecule has 9 rings (SSSR count). The van der Waals surface area contributed by atoms with Gasteiger partial charge in [-0.05, 0) is 122 Å². The topological polar surface area (TPSA) is 112 Å². The van der Waals surface area contributed by atoms with Crippen LogP contribution in [0.1, 0.15) is 197 Å². The largest absolute Gasteiger partial charge is 0.507 e. The van der Waals surface area contributed by atoms with E-state index in [2.05, 4.69) is 73.6 Å². The first-order valence-corrected chi connectivity index (χ1v) is 25.6. The van der Waals surface area contributed by atoms with Gasteiger partial charge in [0.25, 0.3) is 6.29 Å². The third kappa shape index (κ3) is 11.1. The molecule has 0 bridgehead atoms. The third-order valence-electron chi connectivity index (χ3n) is 14.5. The van der Waals surface area contributed by atoms with Crippen molar-refractivity contribution in [2.45, 2.75) is 167 Å². The summed E-state index contributed by atoms with van der Waals surface area (Å²) in [4.78, 5) is 24.9. The Labute approximate surface area is 414 Å². The lowest BCUT2D eigenvalue weighted by Gasteiger charge is -2.47. The van der Waals surface area contributed by atoms with E-state index in [1.165, 1.54) is 11.1 Å². The van der Waals surface area contributed by atoms with Gasteiger partial charge in [0.1, 0.15) is 50.2 Å². The molecule has 10 heteroatoms. The summed E-state index contributed by atoms with van der Waals surface area (Å²) >= 11 is 11.1. The number of esters is 1. The smallest absolute Gasteiger partial charge is 0.345 e. The number of phenols is 1. The Kier molecular flexibility index (Phi) is 16.3. The molecule has 1 unspecified atom stereocenters. The second-order valence-corrected chi connectivity index (χ2v) is 21.4. The maximum atomic E-state index is 13.4. The Morgan fingerprint density at radius 1 is 0.721 bits per heavy atom. The van der Waals surface area contributed by atoms with Gasteiger partial charge in [-0.1, -0.05) is 123 Å². The minimum Gasteiger partial charge on any atom is -0.507 e. The molecule has 0 fully saturated rings. The van der Waals surface area contributed by atoms with E-state index in [1.54, 1.807) is 0 Å². The van der Waals surface area contributed by atoms with E-state index in [0.29, 0.717) is 40.5 Å². The van der Waals surface area contributed by atoms with E-state index in [9.17, 15) is 19.8 Å². The number of hydrogen-bond donors (Lipinski definition) is 2. The highest BCUT2D eigenvalue weighted by atomic mass is 35.5. The summed E-state index contributed by atoms with van der Waals surface area (Å²) in [5.74, 6) is 1.46. The van der Waals surface area contributed by atoms with Gasteiger partial charge in [0.15, 0.2) is 0 Å². The van der Waals surface area contributed by atoms with Crippen molar-refractivity contribution in [3.8, 4) is 23.0 Å². The Bertz CT molecular complexity index is 2490. The third-order valence-corrected chi connectivity index (χ3v) is 15.0. The monoisotopic (exact) mass is 964 g/mol. The van der Waals surface area contributed by atoms with E-state index >= 15 is 0 Å². The van der Waals surface area contributed by atoms with Crippen LogP contribution in [0.15, 0.2) is 96.1 Å². The minimum atomic E-state index is -1.06. The number of cyclic esters (lactones) is 1. The van der Waals surface area contributed by atoms with Crippen LogP contribution in [0.4, 0.5) is 0 Å². The molecule has 5 aliphatic rings. The normalized spacial score (nSPS) is 22.4. The predicted octanol–water partition coefficient (Wildman–Crippen LogP) is 15.9. The first-order valence-electron chi connectivity index (χ1n) is 24.8. The summed E-state index contributed by atoms with van der Waals surface area (Å²) in [6.45, 7) is 17.2. The van der Waals surface area contributed by atoms with Gasteiger partial charge in [0, 0.05) is 40.4 Å². The molecule has 2 N–H and O–H groups in total. The molecule has 0 amide bonds. The van der Waals surface area contributed by atoms with Gasteiger partial charge in [-0.2, -0.15) is 0 Å². The van der Waals surface area contributed by atoms with Gasteiger partial charge >= 0.3 is 11.9 Å². The van der Waals surface area contributed by atoms with Crippen LogP contribution in [-0.4, -0.2) is 33.4 Å². The number of carbonyl (C=O) groups excluding carboxylic acids is 1. The summed E-state index contributed by atoms with van der Waals surface area (Å²) in [6, 6.07) is 23.2. The van der Waals surface area contributed by atoms with Crippen molar-refractivity contribution in [2.75, 3.05) is 0 Å². The number of aromatic carboxylic acids is 1. The molecule has 3 heterocycles. The molecule has 3 aliphatic heterocycles. The number of rotatable bonds is 11. The number of fused-ring (bicyclic) bond motifs is 8. The van der Waals surface area contributed by atoms with E-state index in [0.717, 1.165) is 98.6 Å². The molecule has 2 aliphatic carbocycles. The number of allylic oxidation sites excluding steroid dienone is 4. The van der Waals surface area contributed by atoms with Gasteiger partial charge in [0.2, 0.25) is 0 Å². The van der Waals surface area contributed by atoms with E-state index < -0.39 is 17.1 Å². The molecule has 0 spiro atoms. The van der Waals surface area contributed by atoms with Gasteiger partial charge in [-0.3, -0.25) is 0 Å². The van der Waals surface area contributed by atoms with Crippen molar-refractivity contribution < 1.29 is 38.7 Å². The maximum absolute atomic E-state index is 13.4. The number of halogens is 2. The summed E-state index contributed by atoms with van der Waals surface area (Å²) in [5, 5.41) is 20.7. The molecule has 0 aromatic heterocycles. The lowest BCUT2D eigenvalue weighted by Crippen LogP contribution is -2.45. The zero-order chi connectivity index (χ0) is 48.9. The number of carboxylic acids is 1. The van der Waals surface area contributed by atoms with Crippen molar-refractivity contribution >= 4 is 35.1 Å². The van der Waals surface area contributed by atoms with Crippen molar-refractivity contribution in [3.05, 3.63) is 141 Å². The van der Waals surface area contributed by atoms with Gasteiger partial charge < -0.3 is 29.2 Å². The molecule has 5 atom stereocenters. The van der Waals surface area contributed by atoms with Crippen LogP contribution in [-0.2, 0) is 17.6 Å². The fraction of sp³-hybridized carbons (Fsp3) is 0.483. The minimum absolute atomic E-state index is 0.00490. The highest BCUT2D eigenvalue weighted by Crippen LogP contribution is 2.57. The van der Waals surface area contributed by atoms with E-state index in [4.69, 9.17) is 42.1 Å². The summed E-state index contributed by atoms with van der Waals surface area (Å²) < 4.78 is 25.3. The van der Waals surface area contributed by atoms with Crippen molar-refractivity contribution in [1.29, 1.82) is 0 Å². The molecular formula is C58H70Cl2O8. The quantitative estimate of drug-likeness (QED) is 0.0662. The van der Waals surface area contributed by atoms with Crippen molar-refractivity contribution in [1.82, 2.24) is 0 Å². The van der Waals surface area contributed by atoms with Gasteiger partial charge in [-0.25, -0.2) is 9.59 Å². The fourth-order valence-electron chi connectivity index (χ4n) is 10.9. The van der Waals surface area contributed by atoms with E-state index in [1.807, 2.05) is 66.7 Å². The number of hydrogen-bond acceptors (Lipinski definition) is 7. The molecule has 8 nitrogen and oxygen atoms in total. The SMILES string of the molecule is CCCCCc1cc2c(c(O)c1C(=O)O)[C@@H]1C=C(C)CC[C@H]1C(C)(C)O2.CCCCCc1cc2c(c3c1C(=O)OC(c1ccccc1)O3)[C@@H]1C=C(C)CC[C@H]1C(C)(C)O2.ClC(Cl)c1ccccc1. The lowest BCUT2D eigenvalue weighted by molar-refractivity contribution is -0.0650. The molecule has 4 aromatic rings. The van der Waals surface area contributed by atoms with E-state index in [-0.39, 0.29) is 46.2 Å². The molecule has 0 radical (unpaired) electrons. The van der Waals surface area contributed by atoms with Crippen LogP contribution >= 0.6 is 23.2 Å². The number of aryl methyl sites for hydroxylation is 2. The Morgan fingerprint density at radius 3 is 1.74 bits per heavy atom. The maximum Gasteiger partial charge on any atom is 0.345 e. The summed E-state index contributed by atoms with van der Waals surface area (Å²) in [5.41, 5.74) is 7.81. The Morgan fingerprint density at radius 2 is 1.22 bits per heavy atom. The highest BCUT2D eigenvalue weighted by Gasteiger charge is 2.49. The molecule has 68 heavy (non-hydrogen) atoms. The Balaban J connectivity index is 0.000000174. The number of carboxylic acid groups (broad SMARTS) is 1. The number of carbonyl (C=O) groups is 2. The molecule has 0 saturated heterocycles. The molecule has 0 saturated carbocycles. The van der Waals surface area contributed by atoms with Crippen molar-refractivity contribution in [2.24, 2.45) is 11.8 Å². The number of aromatic hydroxyl groups is 1. The van der Waals surface area contributed by atoms with Crippen LogP contribution in [0.2, 0.25) is 0 Å². The number of ether oxygens (including phenoxy) is 4. The zero-order valence-electron chi connectivity index (χ0n) is 41.1. The van der Waals surface area contributed by atoms with Crippen LogP contribution in [0, 0.1) is 11.8 Å². The first kappa shape index (κ1) is 50.9. The molecular weight excluding hydrogens is 896 g/mol. The second kappa shape index (κ2) is 21.8. The summed E-state index contributed by atoms with van der Waals surface area (Å²) in [7, 11) is 0. The van der Waals surface area contributed by atoms with Crippen LogP contribution in [0.25, 0.3) is 0 Å². The molecule has 364 valence electrons. The highest BCUT2D eigenvalue weighted by molar-refractivity contribution is 6.44. The Hall–Kier alpha value is -4.92. The number of benzene rings is 4. The molecule has 4 aromatic carbocycles. The number of unbranched alkanes of at least 4 members (excludes halogenated alkanes) is 4. The second-order valence-electron chi connectivity index (χ2n) is 20.3. The van der Waals surface area contributed by atoms with Crippen LogP contribution in [0.3, 0.4) is 0 Å². The first-order chi connectivity index (χ1) is 32.4.